The number of hydrogen-bond acceptors (Lipinski definition) is 7. The summed E-state index contributed by atoms with van der Waals surface area (Å²) in [7, 11) is 1.67. The highest BCUT2D eigenvalue weighted by Crippen LogP contribution is 2.29. The Bertz CT molecular complexity index is 1210. The van der Waals surface area contributed by atoms with Crippen LogP contribution in [0.15, 0.2) is 53.4 Å². The maximum Gasteiger partial charge on any atom is 0.258 e. The van der Waals surface area contributed by atoms with Gasteiger partial charge in [0, 0.05) is 52.4 Å². The highest BCUT2D eigenvalue weighted by molar-refractivity contribution is 7.89. The predicted molar refractivity (Wildman–Crippen MR) is 157 cm³/mol. The maximum absolute atomic E-state index is 14.1. The molecule has 0 bridgehead atoms. The summed E-state index contributed by atoms with van der Waals surface area (Å²) >= 11 is 0. The minimum Gasteiger partial charge on any atom is -0.490 e. The average molecular weight is 576 g/mol. The molecule has 0 spiro atoms. The van der Waals surface area contributed by atoms with Crippen molar-refractivity contribution in [3.8, 4) is 5.75 Å². The first-order chi connectivity index (χ1) is 18.9. The summed E-state index contributed by atoms with van der Waals surface area (Å²) in [5.74, 6) is 0.0412. The van der Waals surface area contributed by atoms with Crippen molar-refractivity contribution >= 4 is 21.6 Å². The fourth-order valence-corrected chi connectivity index (χ4v) is 5.98. The van der Waals surface area contributed by atoms with Gasteiger partial charge >= 0.3 is 0 Å². The first-order valence-electron chi connectivity index (χ1n) is 14.0. The van der Waals surface area contributed by atoms with E-state index in [9.17, 15) is 18.3 Å². The van der Waals surface area contributed by atoms with Crippen molar-refractivity contribution in [3.63, 3.8) is 0 Å². The fraction of sp³-hybridized carbons (Fsp3) is 0.567. The van der Waals surface area contributed by atoms with Crippen LogP contribution in [0.25, 0.3) is 0 Å². The van der Waals surface area contributed by atoms with E-state index < -0.39 is 22.2 Å². The molecule has 0 saturated heterocycles. The second-order valence-electron chi connectivity index (χ2n) is 11.0. The van der Waals surface area contributed by atoms with Crippen LogP contribution in [-0.4, -0.2) is 94.3 Å². The Labute approximate surface area is 239 Å². The van der Waals surface area contributed by atoms with Gasteiger partial charge in [0.25, 0.3) is 5.91 Å². The lowest BCUT2D eigenvalue weighted by molar-refractivity contribution is -0.00833. The molecule has 1 heterocycles. The number of carbonyl (C=O) groups is 1. The predicted octanol–water partition coefficient (Wildman–Crippen LogP) is 3.87. The van der Waals surface area contributed by atoms with Crippen molar-refractivity contribution in [2.45, 2.75) is 63.2 Å². The molecule has 0 aromatic heterocycles. The van der Waals surface area contributed by atoms with Gasteiger partial charge in [0.15, 0.2) is 0 Å². The zero-order valence-electron chi connectivity index (χ0n) is 24.6. The first-order valence-corrected chi connectivity index (χ1v) is 15.4. The van der Waals surface area contributed by atoms with Crippen molar-refractivity contribution < 1.29 is 27.8 Å². The third kappa shape index (κ3) is 7.96. The molecule has 4 atom stereocenters. The van der Waals surface area contributed by atoms with E-state index >= 15 is 0 Å². The molecular formula is C30H45N3O6S. The Balaban J connectivity index is 1.96. The lowest BCUT2D eigenvalue weighted by Crippen LogP contribution is -2.48. The molecule has 1 aliphatic rings. The Morgan fingerprint density at radius 2 is 1.77 bits per heavy atom. The second-order valence-corrected chi connectivity index (χ2v) is 13.0. The van der Waals surface area contributed by atoms with E-state index in [2.05, 4.69) is 0 Å². The number of fused-ring (bicyclic) bond motifs is 1. The summed E-state index contributed by atoms with van der Waals surface area (Å²) in [4.78, 5) is 17.9. The van der Waals surface area contributed by atoms with Crippen LogP contribution in [0.1, 0.15) is 50.4 Å². The summed E-state index contributed by atoms with van der Waals surface area (Å²) in [5.41, 5.74) is 1.30. The van der Waals surface area contributed by atoms with Crippen LogP contribution in [0.5, 0.6) is 5.75 Å². The number of amides is 1. The summed E-state index contributed by atoms with van der Waals surface area (Å²) in [5, 5.41) is 10.1. The minimum absolute atomic E-state index is 0.111. The highest BCUT2D eigenvalue weighted by Gasteiger charge is 2.32. The molecule has 9 nitrogen and oxygen atoms in total. The first kappa shape index (κ1) is 31.9. The number of rotatable bonds is 7. The van der Waals surface area contributed by atoms with Crippen molar-refractivity contribution in [3.05, 3.63) is 54.1 Å². The minimum atomic E-state index is -3.72. The maximum atomic E-state index is 14.1. The molecule has 10 heteroatoms. The molecule has 0 saturated carbocycles. The van der Waals surface area contributed by atoms with Crippen LogP contribution in [0, 0.1) is 5.92 Å². The topological polar surface area (TPSA) is 99.6 Å². The molecule has 1 N–H and O–H groups in total. The normalized spacial score (nSPS) is 22.2. The largest absolute Gasteiger partial charge is 0.490 e. The number of benzene rings is 2. The standard InChI is InChI=1S/C30H45N3O6S/c1-22-19-33(23(2)21-34)30(35)27-18-25(31(4)5)15-16-28(27)39-24(3)12-10-11-17-38-29(22)20-32(6)40(36,37)26-13-8-7-9-14-26/h7-9,13-16,18,22-24,29,34H,10-12,17,19-21H2,1-6H3/t22-,23+,24+,29-/m1/s1. The average Bonchev–Trinajstić information content (AvgIpc) is 2.94. The molecule has 0 aliphatic carbocycles. The molecule has 0 fully saturated rings. The number of likely N-dealkylation sites (N-methyl/N-ethyl adjacent to an activating group) is 1. The van der Waals surface area contributed by atoms with E-state index in [1.807, 2.05) is 51.0 Å². The Hall–Kier alpha value is -2.66. The highest BCUT2D eigenvalue weighted by atomic mass is 32.2. The van der Waals surface area contributed by atoms with Gasteiger partial charge in [0.2, 0.25) is 10.0 Å². The number of sulfonamides is 1. The van der Waals surface area contributed by atoms with E-state index in [1.54, 1.807) is 49.2 Å². The third-order valence-electron chi connectivity index (χ3n) is 7.44. The molecular weight excluding hydrogens is 530 g/mol. The third-order valence-corrected chi connectivity index (χ3v) is 9.28. The number of nitrogens with zero attached hydrogens (tertiary/aromatic N) is 3. The summed E-state index contributed by atoms with van der Waals surface area (Å²) in [6.07, 6.45) is 1.88. The van der Waals surface area contributed by atoms with Crippen molar-refractivity contribution in [2.24, 2.45) is 5.92 Å². The van der Waals surface area contributed by atoms with Gasteiger partial charge in [-0.1, -0.05) is 25.1 Å². The Morgan fingerprint density at radius 3 is 2.42 bits per heavy atom. The molecule has 2 aromatic carbocycles. The SMILES string of the molecule is C[C@@H]1CN([C@@H](C)CO)C(=O)c2cc(N(C)C)ccc2O[C@@H](C)CCCCO[C@@H]1CN(C)S(=O)(=O)c1ccccc1. The zero-order chi connectivity index (χ0) is 29.4. The Morgan fingerprint density at radius 1 is 1.07 bits per heavy atom. The monoisotopic (exact) mass is 575 g/mol. The van der Waals surface area contributed by atoms with E-state index in [0.29, 0.717) is 17.9 Å². The summed E-state index contributed by atoms with van der Waals surface area (Å²) < 4.78 is 40.4. The number of hydrogen-bond donors (Lipinski definition) is 1. The quantitative estimate of drug-likeness (QED) is 0.535. The molecule has 1 aliphatic heterocycles. The zero-order valence-corrected chi connectivity index (χ0v) is 25.4. The Kier molecular flexibility index (Phi) is 11.4. The molecule has 1 amide bonds. The number of ether oxygens (including phenoxy) is 2. The van der Waals surface area contributed by atoms with Gasteiger partial charge in [0.05, 0.1) is 35.3 Å². The lowest BCUT2D eigenvalue weighted by atomic mass is 10.0. The van der Waals surface area contributed by atoms with Crippen LogP contribution in [-0.2, 0) is 14.8 Å². The van der Waals surface area contributed by atoms with Gasteiger partial charge in [-0.2, -0.15) is 4.31 Å². The van der Waals surface area contributed by atoms with Crippen molar-refractivity contribution in [1.82, 2.24) is 9.21 Å². The van der Waals surface area contributed by atoms with Crippen LogP contribution < -0.4 is 9.64 Å². The molecule has 222 valence electrons. The van der Waals surface area contributed by atoms with Gasteiger partial charge in [0.1, 0.15) is 5.75 Å². The fourth-order valence-electron chi connectivity index (χ4n) is 4.78. The van der Waals surface area contributed by atoms with Crippen molar-refractivity contribution in [2.75, 3.05) is 52.3 Å². The van der Waals surface area contributed by atoms with Crippen LogP contribution in [0.3, 0.4) is 0 Å². The van der Waals surface area contributed by atoms with Gasteiger partial charge in [-0.05, 0) is 63.4 Å². The van der Waals surface area contributed by atoms with Gasteiger partial charge in [-0.15, -0.1) is 0 Å². The molecule has 0 radical (unpaired) electrons. The van der Waals surface area contributed by atoms with Crippen molar-refractivity contribution in [1.29, 1.82) is 0 Å². The lowest BCUT2D eigenvalue weighted by Gasteiger charge is -2.35. The summed E-state index contributed by atoms with van der Waals surface area (Å²) in [6.45, 7) is 6.40. The second kappa shape index (κ2) is 14.3. The van der Waals surface area contributed by atoms with Gasteiger partial charge < -0.3 is 24.4 Å². The smallest absolute Gasteiger partial charge is 0.258 e. The number of anilines is 1. The van der Waals surface area contributed by atoms with E-state index in [-0.39, 0.29) is 42.5 Å². The number of carbonyl (C=O) groups excluding carboxylic acids is 1. The van der Waals surface area contributed by atoms with E-state index in [1.165, 1.54) is 4.31 Å². The van der Waals surface area contributed by atoms with Crippen LogP contribution in [0.2, 0.25) is 0 Å². The van der Waals surface area contributed by atoms with Gasteiger partial charge in [-0.25, -0.2) is 8.42 Å². The molecule has 3 rings (SSSR count). The molecule has 2 aromatic rings. The summed E-state index contributed by atoms with van der Waals surface area (Å²) in [6, 6.07) is 13.5. The number of aliphatic hydroxyl groups excluding tert-OH is 1. The van der Waals surface area contributed by atoms with E-state index in [4.69, 9.17) is 9.47 Å². The number of aliphatic hydroxyl groups is 1. The van der Waals surface area contributed by atoms with Crippen LogP contribution in [0.4, 0.5) is 5.69 Å². The van der Waals surface area contributed by atoms with E-state index in [0.717, 1.165) is 24.9 Å². The van der Waals surface area contributed by atoms with Gasteiger partial charge in [-0.3, -0.25) is 4.79 Å². The molecule has 40 heavy (non-hydrogen) atoms. The van der Waals surface area contributed by atoms with Crippen LogP contribution >= 0.6 is 0 Å². The molecule has 0 unspecified atom stereocenters.